The molecule has 1 amide bonds. The van der Waals surface area contributed by atoms with Crippen LogP contribution in [0.5, 0.6) is 5.75 Å². The van der Waals surface area contributed by atoms with E-state index in [1.807, 2.05) is 75.2 Å². The number of piperidine rings is 1. The number of benzene rings is 3. The Morgan fingerprint density at radius 3 is 2.50 bits per heavy atom. The van der Waals surface area contributed by atoms with E-state index in [4.69, 9.17) is 9.47 Å². The Balaban J connectivity index is 1.59. The van der Waals surface area contributed by atoms with Crippen molar-refractivity contribution in [2.45, 2.75) is 63.8 Å². The highest BCUT2D eigenvalue weighted by Gasteiger charge is 2.41. The van der Waals surface area contributed by atoms with Crippen LogP contribution >= 0.6 is 0 Å². The molecule has 40 heavy (non-hydrogen) atoms. The predicted molar refractivity (Wildman–Crippen MR) is 152 cm³/mol. The van der Waals surface area contributed by atoms with E-state index in [2.05, 4.69) is 6.07 Å². The Morgan fingerprint density at radius 2 is 1.88 bits per heavy atom. The summed E-state index contributed by atoms with van der Waals surface area (Å²) in [5.74, 6) is -0.302. The van der Waals surface area contributed by atoms with Crippen molar-refractivity contribution in [3.05, 3.63) is 77.1 Å². The first kappa shape index (κ1) is 29.3. The molecule has 0 aliphatic carbocycles. The lowest BCUT2D eigenvalue weighted by Crippen LogP contribution is -2.49. The molecule has 0 spiro atoms. The first-order valence-corrected chi connectivity index (χ1v) is 13.6. The fourth-order valence-corrected chi connectivity index (χ4v) is 5.52. The van der Waals surface area contributed by atoms with Gasteiger partial charge in [0, 0.05) is 25.0 Å². The van der Waals surface area contributed by atoms with E-state index in [-0.39, 0.29) is 11.8 Å². The third-order valence-electron chi connectivity index (χ3n) is 7.71. The number of aliphatic hydroxyl groups excluding tert-OH is 1. The fraction of sp³-hybridized carbons (Fsp3) is 0.438. The Kier molecular flexibility index (Phi) is 8.67. The van der Waals surface area contributed by atoms with Gasteiger partial charge in [0.05, 0.1) is 18.7 Å². The number of carbonyl (C=O) groups is 1. The molecule has 4 rings (SSSR count). The highest BCUT2D eigenvalue weighted by molar-refractivity contribution is 5.87. The zero-order valence-corrected chi connectivity index (χ0v) is 23.9. The molecule has 1 aliphatic heterocycles. The van der Waals surface area contributed by atoms with Crippen LogP contribution in [-0.4, -0.2) is 60.1 Å². The lowest BCUT2D eigenvalue weighted by atomic mass is 9.70. The van der Waals surface area contributed by atoms with Crippen molar-refractivity contribution in [1.29, 1.82) is 5.26 Å². The largest absolute Gasteiger partial charge is 0.494 e. The van der Waals surface area contributed by atoms with Crippen molar-refractivity contribution in [3.63, 3.8) is 0 Å². The molecule has 1 heterocycles. The zero-order chi connectivity index (χ0) is 29.1. The van der Waals surface area contributed by atoms with Crippen LogP contribution in [0.1, 0.15) is 56.7 Å². The van der Waals surface area contributed by atoms with E-state index >= 15 is 0 Å². The Labute approximate surface area is 235 Å². The first-order valence-electron chi connectivity index (χ1n) is 13.6. The van der Waals surface area contributed by atoms with Crippen molar-refractivity contribution < 1.29 is 23.8 Å². The molecule has 0 radical (unpaired) electrons. The van der Waals surface area contributed by atoms with Gasteiger partial charge in [0.15, 0.2) is 11.6 Å². The maximum Gasteiger partial charge on any atom is 0.410 e. The molecule has 0 bridgehead atoms. The summed E-state index contributed by atoms with van der Waals surface area (Å²) in [6, 6.07) is 18.8. The average molecular weight is 548 g/mol. The summed E-state index contributed by atoms with van der Waals surface area (Å²) < 4.78 is 25.6. The van der Waals surface area contributed by atoms with Gasteiger partial charge in [-0.3, -0.25) is 4.90 Å². The Bertz CT molecular complexity index is 1400. The molecule has 1 fully saturated rings. The summed E-state index contributed by atoms with van der Waals surface area (Å²) in [4.78, 5) is 16.3. The maximum absolute atomic E-state index is 14.9. The number of aliphatic hydroxyl groups is 1. The normalized spacial score (nSPS) is 16.0. The Hall–Kier alpha value is -3.67. The molecule has 8 heteroatoms. The molecule has 1 aliphatic rings. The van der Waals surface area contributed by atoms with Crippen LogP contribution in [-0.2, 0) is 16.7 Å². The molecule has 1 unspecified atom stereocenters. The average Bonchev–Trinajstić information content (AvgIpc) is 2.92. The quantitative estimate of drug-likeness (QED) is 0.367. The molecule has 0 aromatic heterocycles. The summed E-state index contributed by atoms with van der Waals surface area (Å²) >= 11 is 0. The highest BCUT2D eigenvalue weighted by atomic mass is 19.1. The van der Waals surface area contributed by atoms with Gasteiger partial charge in [0.1, 0.15) is 11.8 Å². The molecular weight excluding hydrogens is 509 g/mol. The topological polar surface area (TPSA) is 86.0 Å². The van der Waals surface area contributed by atoms with Crippen LogP contribution < -0.4 is 4.74 Å². The van der Waals surface area contributed by atoms with Crippen molar-refractivity contribution in [2.24, 2.45) is 0 Å². The van der Waals surface area contributed by atoms with Gasteiger partial charge < -0.3 is 19.5 Å². The fourth-order valence-electron chi connectivity index (χ4n) is 5.52. The van der Waals surface area contributed by atoms with Crippen LogP contribution in [0.3, 0.4) is 0 Å². The number of methoxy groups -OCH3 is 1. The van der Waals surface area contributed by atoms with Crippen LogP contribution in [0.15, 0.2) is 54.6 Å². The zero-order valence-electron chi connectivity index (χ0n) is 23.9. The van der Waals surface area contributed by atoms with Gasteiger partial charge in [-0.25, -0.2) is 9.18 Å². The molecule has 1 N–H and O–H groups in total. The van der Waals surface area contributed by atoms with E-state index in [9.17, 15) is 19.6 Å². The molecular formula is C32H38FN3O4. The SMILES string of the molecule is COc1ccc(C2(CC(O)N(C)Cc3cc(C#N)cc4ccccc34)CCN(C(=O)OC(C)(C)C)CC2)cc1F. The maximum atomic E-state index is 14.9. The van der Waals surface area contributed by atoms with Gasteiger partial charge in [-0.05, 0) is 93.2 Å². The number of fused-ring (bicyclic) bond motifs is 1. The van der Waals surface area contributed by atoms with Gasteiger partial charge in [0.25, 0.3) is 0 Å². The first-order chi connectivity index (χ1) is 18.9. The third-order valence-corrected chi connectivity index (χ3v) is 7.71. The summed E-state index contributed by atoms with van der Waals surface area (Å²) in [5.41, 5.74) is 1.10. The number of amides is 1. The second-order valence-corrected chi connectivity index (χ2v) is 11.7. The van der Waals surface area contributed by atoms with Gasteiger partial charge >= 0.3 is 6.09 Å². The molecule has 3 aromatic rings. The van der Waals surface area contributed by atoms with Crippen molar-refractivity contribution in [3.8, 4) is 11.8 Å². The minimum absolute atomic E-state index is 0.159. The summed E-state index contributed by atoms with van der Waals surface area (Å²) in [7, 11) is 3.27. The molecule has 7 nitrogen and oxygen atoms in total. The number of hydrogen-bond donors (Lipinski definition) is 1. The van der Waals surface area contributed by atoms with E-state index < -0.39 is 23.1 Å². The van der Waals surface area contributed by atoms with Gasteiger partial charge in [-0.2, -0.15) is 5.26 Å². The molecule has 1 saturated heterocycles. The summed E-state index contributed by atoms with van der Waals surface area (Å²) in [6.07, 6.45) is 0.186. The number of nitrogens with zero attached hydrogens (tertiary/aromatic N) is 3. The van der Waals surface area contributed by atoms with E-state index in [0.717, 1.165) is 21.9 Å². The second kappa shape index (κ2) is 11.8. The second-order valence-electron chi connectivity index (χ2n) is 11.7. The lowest BCUT2D eigenvalue weighted by molar-refractivity contribution is -0.0219. The lowest BCUT2D eigenvalue weighted by Gasteiger charge is -2.44. The number of carbonyl (C=O) groups excluding carboxylic acids is 1. The van der Waals surface area contributed by atoms with Gasteiger partial charge in [-0.1, -0.05) is 30.3 Å². The van der Waals surface area contributed by atoms with Crippen molar-refractivity contribution in [1.82, 2.24) is 9.80 Å². The van der Waals surface area contributed by atoms with Gasteiger partial charge in [0.2, 0.25) is 0 Å². The van der Waals surface area contributed by atoms with E-state index in [0.29, 0.717) is 44.5 Å². The standard InChI is InChI=1S/C32H38FN3O4/c1-31(2,3)40-30(38)36-14-12-32(13-15-36,25-10-11-28(39-5)27(33)18-25)19-29(37)35(4)21-24-17-22(20-34)16-23-8-6-7-9-26(23)24/h6-11,16-18,29,37H,12-15,19,21H2,1-5H3. The summed E-state index contributed by atoms with van der Waals surface area (Å²) in [6.45, 7) is 6.78. The van der Waals surface area contributed by atoms with E-state index in [1.165, 1.54) is 13.2 Å². The van der Waals surface area contributed by atoms with Crippen LogP contribution in [0.25, 0.3) is 10.8 Å². The van der Waals surface area contributed by atoms with Crippen LogP contribution in [0.2, 0.25) is 0 Å². The number of hydrogen-bond acceptors (Lipinski definition) is 6. The predicted octanol–water partition coefficient (Wildman–Crippen LogP) is 5.97. The van der Waals surface area contributed by atoms with E-state index in [1.54, 1.807) is 11.0 Å². The molecule has 0 saturated carbocycles. The highest BCUT2D eigenvalue weighted by Crippen LogP contribution is 2.42. The van der Waals surface area contributed by atoms with Gasteiger partial charge in [-0.15, -0.1) is 0 Å². The van der Waals surface area contributed by atoms with Crippen molar-refractivity contribution >= 4 is 16.9 Å². The molecule has 212 valence electrons. The Morgan fingerprint density at radius 1 is 1.18 bits per heavy atom. The smallest absolute Gasteiger partial charge is 0.410 e. The number of rotatable bonds is 7. The third kappa shape index (κ3) is 6.55. The number of halogens is 1. The summed E-state index contributed by atoms with van der Waals surface area (Å²) in [5, 5.41) is 23.0. The molecule has 1 atom stereocenters. The minimum atomic E-state index is -0.859. The number of nitriles is 1. The number of ether oxygens (including phenoxy) is 2. The number of likely N-dealkylation sites (tertiary alicyclic amines) is 1. The molecule has 3 aromatic carbocycles. The van der Waals surface area contributed by atoms with Crippen LogP contribution in [0.4, 0.5) is 9.18 Å². The monoisotopic (exact) mass is 547 g/mol. The van der Waals surface area contributed by atoms with Crippen LogP contribution in [0, 0.1) is 17.1 Å². The minimum Gasteiger partial charge on any atom is -0.494 e. The van der Waals surface area contributed by atoms with Crippen molar-refractivity contribution in [2.75, 3.05) is 27.2 Å².